The molecule has 0 atom stereocenters. The quantitative estimate of drug-likeness (QED) is 0.413. The van der Waals surface area contributed by atoms with Crippen molar-refractivity contribution in [2.24, 2.45) is 5.92 Å². The van der Waals surface area contributed by atoms with Gasteiger partial charge >= 0.3 is 17.9 Å². The van der Waals surface area contributed by atoms with E-state index in [0.717, 1.165) is 0 Å². The number of hydrogen-bond donors (Lipinski definition) is 0. The molecule has 0 saturated carbocycles. The van der Waals surface area contributed by atoms with Crippen molar-refractivity contribution < 1.29 is 28.6 Å². The summed E-state index contributed by atoms with van der Waals surface area (Å²) in [7, 11) is 0. The van der Waals surface area contributed by atoms with Crippen molar-refractivity contribution in [3.8, 4) is 0 Å². The van der Waals surface area contributed by atoms with Gasteiger partial charge in [0.2, 0.25) is 0 Å². The highest BCUT2D eigenvalue weighted by molar-refractivity contribution is 6.09. The number of esters is 3. The van der Waals surface area contributed by atoms with Crippen molar-refractivity contribution in [3.63, 3.8) is 0 Å². The summed E-state index contributed by atoms with van der Waals surface area (Å²) in [5.74, 6) is -3.69. The van der Waals surface area contributed by atoms with E-state index in [-0.39, 0.29) is 25.4 Å². The maximum atomic E-state index is 12.0. The van der Waals surface area contributed by atoms with E-state index in [1.807, 2.05) is 0 Å². The van der Waals surface area contributed by atoms with E-state index >= 15 is 0 Å². The molecule has 0 saturated heterocycles. The number of allylic oxidation sites excluding steroid dienone is 1. The highest BCUT2D eigenvalue weighted by Gasteiger charge is 2.41. The lowest BCUT2D eigenvalue weighted by molar-refractivity contribution is -0.161. The van der Waals surface area contributed by atoms with E-state index < -0.39 is 23.8 Å². The largest absolute Gasteiger partial charge is 0.465 e. The molecule has 0 fully saturated rings. The van der Waals surface area contributed by atoms with Crippen LogP contribution in [0.2, 0.25) is 0 Å². The molecule has 1 aliphatic heterocycles. The first-order valence-corrected chi connectivity index (χ1v) is 6.42. The summed E-state index contributed by atoms with van der Waals surface area (Å²) in [4.78, 5) is 35.7. The average molecular weight is 282 g/mol. The molecule has 0 unspecified atom stereocenters. The van der Waals surface area contributed by atoms with Crippen LogP contribution < -0.4 is 0 Å². The lowest BCUT2D eigenvalue weighted by atomic mass is 9.95. The zero-order valence-corrected chi connectivity index (χ0v) is 11.8. The number of hydrogen-bond acceptors (Lipinski definition) is 6. The number of carbonyl (C=O) groups excluding carboxylic acids is 3. The molecular formula is C14H18O6. The zero-order chi connectivity index (χ0) is 15.1. The van der Waals surface area contributed by atoms with Gasteiger partial charge in [0.1, 0.15) is 6.61 Å². The molecule has 110 valence electrons. The Morgan fingerprint density at radius 1 is 1.25 bits per heavy atom. The Kier molecular flexibility index (Phi) is 5.96. The maximum absolute atomic E-state index is 12.0. The highest BCUT2D eigenvalue weighted by atomic mass is 16.6. The molecule has 20 heavy (non-hydrogen) atoms. The van der Waals surface area contributed by atoms with E-state index in [1.54, 1.807) is 32.9 Å². The van der Waals surface area contributed by atoms with E-state index in [4.69, 9.17) is 14.2 Å². The number of carbonyl (C=O) groups is 3. The number of ether oxygens (including phenoxy) is 3. The highest BCUT2D eigenvalue weighted by Crippen LogP contribution is 2.27. The third-order valence-corrected chi connectivity index (χ3v) is 2.63. The van der Waals surface area contributed by atoms with Crippen molar-refractivity contribution in [2.45, 2.75) is 20.8 Å². The fraction of sp³-hybridized carbons (Fsp3) is 0.500. The molecule has 1 rings (SSSR count). The summed E-state index contributed by atoms with van der Waals surface area (Å²) in [5.41, 5.74) is 0.489. The molecule has 0 aromatic rings. The third kappa shape index (κ3) is 3.46. The Bertz CT molecular complexity index is 442. The van der Waals surface area contributed by atoms with E-state index in [9.17, 15) is 14.4 Å². The molecule has 0 N–H and O–H groups in total. The van der Waals surface area contributed by atoms with Gasteiger partial charge in [0.05, 0.1) is 18.8 Å². The molecule has 0 aliphatic carbocycles. The van der Waals surface area contributed by atoms with Gasteiger partial charge < -0.3 is 14.2 Å². The summed E-state index contributed by atoms with van der Waals surface area (Å²) in [6.07, 6.45) is 3.33. The van der Waals surface area contributed by atoms with Crippen LogP contribution in [0.4, 0.5) is 0 Å². The second-order valence-electron chi connectivity index (χ2n) is 3.95. The minimum atomic E-state index is -1.39. The topological polar surface area (TPSA) is 78.9 Å². The van der Waals surface area contributed by atoms with Crippen molar-refractivity contribution in [1.29, 1.82) is 0 Å². The summed E-state index contributed by atoms with van der Waals surface area (Å²) in [6.45, 7) is 5.25. The Morgan fingerprint density at radius 3 is 2.25 bits per heavy atom. The first kappa shape index (κ1) is 15.9. The van der Waals surface area contributed by atoms with Crippen LogP contribution in [0.3, 0.4) is 0 Å². The molecule has 0 amide bonds. The summed E-state index contributed by atoms with van der Waals surface area (Å²) in [6, 6.07) is 0. The lowest BCUT2D eigenvalue weighted by Crippen LogP contribution is -2.32. The van der Waals surface area contributed by atoms with Crippen molar-refractivity contribution in [2.75, 3.05) is 19.8 Å². The van der Waals surface area contributed by atoms with Crippen LogP contribution in [-0.4, -0.2) is 37.7 Å². The smallest absolute Gasteiger partial charge is 0.336 e. The fourth-order valence-electron chi connectivity index (χ4n) is 1.86. The minimum Gasteiger partial charge on any atom is -0.465 e. The molecule has 0 spiro atoms. The first-order valence-electron chi connectivity index (χ1n) is 6.42. The summed E-state index contributed by atoms with van der Waals surface area (Å²) >= 11 is 0. The normalized spacial score (nSPS) is 14.9. The molecule has 0 bridgehead atoms. The SMILES string of the molecule is C/C=C/C1=C(C(C(=O)OCC)C(=O)OCC)C(=O)OC1. The monoisotopic (exact) mass is 282 g/mol. The predicted molar refractivity (Wildman–Crippen MR) is 69.6 cm³/mol. The first-order chi connectivity index (χ1) is 9.56. The molecule has 0 radical (unpaired) electrons. The van der Waals surface area contributed by atoms with E-state index in [0.29, 0.717) is 5.57 Å². The average Bonchev–Trinajstić information content (AvgIpc) is 2.73. The molecule has 6 nitrogen and oxygen atoms in total. The Hall–Kier alpha value is -2.11. The van der Waals surface area contributed by atoms with Gasteiger partial charge in [-0.2, -0.15) is 0 Å². The number of cyclic esters (lactones) is 1. The van der Waals surface area contributed by atoms with Gasteiger partial charge in [-0.05, 0) is 20.8 Å². The van der Waals surface area contributed by atoms with Crippen LogP contribution in [0, 0.1) is 5.92 Å². The van der Waals surface area contributed by atoms with E-state index in [2.05, 4.69) is 0 Å². The van der Waals surface area contributed by atoms with Gasteiger partial charge in [-0.15, -0.1) is 0 Å². The Morgan fingerprint density at radius 2 is 1.80 bits per heavy atom. The molecule has 1 heterocycles. The standard InChI is InChI=1S/C14H18O6/c1-4-7-9-8-20-12(15)10(9)11(13(16)18-5-2)14(17)19-6-3/h4,7,11H,5-6,8H2,1-3H3/b7-4+. The van der Waals surface area contributed by atoms with Gasteiger partial charge in [0.25, 0.3) is 0 Å². The maximum Gasteiger partial charge on any atom is 0.336 e. The van der Waals surface area contributed by atoms with Crippen LogP contribution in [0.5, 0.6) is 0 Å². The number of rotatable bonds is 6. The van der Waals surface area contributed by atoms with E-state index in [1.165, 1.54) is 0 Å². The van der Waals surface area contributed by atoms with Gasteiger partial charge in [-0.3, -0.25) is 9.59 Å². The molecule has 0 aromatic heterocycles. The van der Waals surface area contributed by atoms with Crippen LogP contribution in [0.15, 0.2) is 23.3 Å². The molecule has 6 heteroatoms. The fourth-order valence-corrected chi connectivity index (χ4v) is 1.86. The second-order valence-corrected chi connectivity index (χ2v) is 3.95. The van der Waals surface area contributed by atoms with Crippen molar-refractivity contribution in [1.82, 2.24) is 0 Å². The van der Waals surface area contributed by atoms with Gasteiger partial charge in [-0.1, -0.05) is 12.2 Å². The third-order valence-electron chi connectivity index (χ3n) is 2.63. The van der Waals surface area contributed by atoms with Crippen LogP contribution in [0.1, 0.15) is 20.8 Å². The summed E-state index contributed by atoms with van der Waals surface area (Å²) in [5, 5.41) is 0. The van der Waals surface area contributed by atoms with Crippen LogP contribution in [-0.2, 0) is 28.6 Å². The van der Waals surface area contributed by atoms with Gasteiger partial charge in [0, 0.05) is 5.57 Å². The predicted octanol–water partition coefficient (Wildman–Crippen LogP) is 1.16. The lowest BCUT2D eigenvalue weighted by Gasteiger charge is -2.14. The van der Waals surface area contributed by atoms with Gasteiger partial charge in [0.15, 0.2) is 5.92 Å². The minimum absolute atomic E-state index is 0.000000000000000222. The Balaban J connectivity index is 3.20. The Labute approximate surface area is 117 Å². The van der Waals surface area contributed by atoms with Crippen molar-refractivity contribution >= 4 is 17.9 Å². The van der Waals surface area contributed by atoms with Crippen LogP contribution >= 0.6 is 0 Å². The zero-order valence-electron chi connectivity index (χ0n) is 11.8. The molecule has 1 aliphatic rings. The molecular weight excluding hydrogens is 264 g/mol. The van der Waals surface area contributed by atoms with Crippen molar-refractivity contribution in [3.05, 3.63) is 23.3 Å². The van der Waals surface area contributed by atoms with Crippen LogP contribution in [0.25, 0.3) is 0 Å². The molecule has 0 aromatic carbocycles. The second kappa shape index (κ2) is 7.47. The summed E-state index contributed by atoms with van der Waals surface area (Å²) < 4.78 is 14.6. The van der Waals surface area contributed by atoms with Gasteiger partial charge in [-0.25, -0.2) is 4.79 Å².